The van der Waals surface area contributed by atoms with Crippen molar-refractivity contribution in [1.29, 1.82) is 0 Å². The fraction of sp³-hybridized carbons (Fsp3) is 0.500. The fourth-order valence-electron chi connectivity index (χ4n) is 1.37. The topological polar surface area (TPSA) is 41.1 Å². The molecule has 0 spiro atoms. The SMILES string of the molecule is CC.Cc1ccc(NC(=O)NCC2CC2)cc1. The molecule has 0 atom stereocenters. The summed E-state index contributed by atoms with van der Waals surface area (Å²) in [4.78, 5) is 11.4. The summed E-state index contributed by atoms with van der Waals surface area (Å²) in [6.07, 6.45) is 2.51. The van der Waals surface area contributed by atoms with E-state index in [-0.39, 0.29) is 6.03 Å². The first-order chi connectivity index (χ1) is 8.24. The number of benzene rings is 1. The lowest BCUT2D eigenvalue weighted by Gasteiger charge is -2.06. The number of nitrogens with one attached hydrogen (secondary N) is 2. The van der Waals surface area contributed by atoms with Gasteiger partial charge >= 0.3 is 6.03 Å². The number of hydrogen-bond acceptors (Lipinski definition) is 1. The van der Waals surface area contributed by atoms with Crippen molar-refractivity contribution in [2.75, 3.05) is 11.9 Å². The maximum absolute atomic E-state index is 11.4. The van der Waals surface area contributed by atoms with Gasteiger partial charge < -0.3 is 10.6 Å². The van der Waals surface area contributed by atoms with E-state index in [0.717, 1.165) is 12.2 Å². The molecule has 1 fully saturated rings. The van der Waals surface area contributed by atoms with Gasteiger partial charge in [0.25, 0.3) is 0 Å². The highest BCUT2D eigenvalue weighted by Crippen LogP contribution is 2.27. The minimum absolute atomic E-state index is 0.106. The standard InChI is InChI=1S/C12H16N2O.C2H6/c1-9-2-6-11(7-3-9)14-12(15)13-8-10-4-5-10;1-2/h2-3,6-7,10H,4-5,8H2,1H3,(H2,13,14,15);1-2H3. The minimum atomic E-state index is -0.106. The van der Waals surface area contributed by atoms with Crippen LogP contribution >= 0.6 is 0 Å². The van der Waals surface area contributed by atoms with E-state index in [1.165, 1.54) is 18.4 Å². The van der Waals surface area contributed by atoms with E-state index in [4.69, 9.17) is 0 Å². The number of carbonyl (C=O) groups excluding carboxylic acids is 1. The monoisotopic (exact) mass is 234 g/mol. The molecule has 0 radical (unpaired) electrons. The Balaban J connectivity index is 0.000000686. The predicted octanol–water partition coefficient (Wildman–Crippen LogP) is 3.55. The molecule has 1 saturated carbocycles. The Hall–Kier alpha value is -1.51. The van der Waals surface area contributed by atoms with E-state index in [1.54, 1.807) is 0 Å². The van der Waals surface area contributed by atoms with Crippen LogP contribution in [0, 0.1) is 12.8 Å². The number of amides is 2. The van der Waals surface area contributed by atoms with Gasteiger partial charge in [-0.05, 0) is 37.8 Å². The number of anilines is 1. The van der Waals surface area contributed by atoms with Crippen LogP contribution in [0.2, 0.25) is 0 Å². The number of carbonyl (C=O) groups is 1. The van der Waals surface area contributed by atoms with Crippen LogP contribution in [0.15, 0.2) is 24.3 Å². The smallest absolute Gasteiger partial charge is 0.319 e. The lowest BCUT2D eigenvalue weighted by atomic mass is 10.2. The summed E-state index contributed by atoms with van der Waals surface area (Å²) in [6.45, 7) is 6.83. The maximum atomic E-state index is 11.4. The molecule has 0 saturated heterocycles. The average Bonchev–Trinajstić information content (AvgIpc) is 3.16. The van der Waals surface area contributed by atoms with Crippen LogP contribution < -0.4 is 10.6 Å². The molecule has 17 heavy (non-hydrogen) atoms. The van der Waals surface area contributed by atoms with Crippen molar-refractivity contribution in [3.05, 3.63) is 29.8 Å². The van der Waals surface area contributed by atoms with E-state index in [0.29, 0.717) is 5.92 Å². The van der Waals surface area contributed by atoms with Gasteiger partial charge in [0.1, 0.15) is 0 Å². The van der Waals surface area contributed by atoms with Crippen molar-refractivity contribution in [3.8, 4) is 0 Å². The summed E-state index contributed by atoms with van der Waals surface area (Å²) < 4.78 is 0. The molecule has 0 bridgehead atoms. The predicted molar refractivity (Wildman–Crippen MR) is 72.3 cm³/mol. The first-order valence-corrected chi connectivity index (χ1v) is 6.35. The van der Waals surface area contributed by atoms with Gasteiger partial charge in [-0.2, -0.15) is 0 Å². The van der Waals surface area contributed by atoms with E-state index in [9.17, 15) is 4.79 Å². The molecule has 0 aliphatic heterocycles. The zero-order chi connectivity index (χ0) is 12.7. The van der Waals surface area contributed by atoms with Crippen LogP contribution in [0.4, 0.5) is 10.5 Å². The molecule has 2 amide bonds. The normalized spacial score (nSPS) is 13.4. The molecule has 1 aromatic carbocycles. The van der Waals surface area contributed by atoms with Crippen LogP contribution in [0.25, 0.3) is 0 Å². The summed E-state index contributed by atoms with van der Waals surface area (Å²) in [5, 5.41) is 5.66. The Bertz CT molecular complexity index is 342. The maximum Gasteiger partial charge on any atom is 0.319 e. The molecule has 0 aromatic heterocycles. The Morgan fingerprint density at radius 2 is 1.82 bits per heavy atom. The molecule has 94 valence electrons. The van der Waals surface area contributed by atoms with Gasteiger partial charge in [-0.15, -0.1) is 0 Å². The van der Waals surface area contributed by atoms with Crippen LogP contribution in [0.3, 0.4) is 0 Å². The first kappa shape index (κ1) is 13.6. The summed E-state index contributed by atoms with van der Waals surface area (Å²) in [5.74, 6) is 0.716. The largest absolute Gasteiger partial charge is 0.338 e. The van der Waals surface area contributed by atoms with Gasteiger partial charge in [-0.1, -0.05) is 31.5 Å². The Labute approximate surface area is 104 Å². The molecule has 1 aromatic rings. The summed E-state index contributed by atoms with van der Waals surface area (Å²) in [5.41, 5.74) is 2.04. The second kappa shape index (κ2) is 6.94. The second-order valence-corrected chi connectivity index (χ2v) is 4.14. The zero-order valence-electron chi connectivity index (χ0n) is 10.9. The number of aryl methyl sites for hydroxylation is 1. The average molecular weight is 234 g/mol. The van der Waals surface area contributed by atoms with Crippen LogP contribution in [-0.4, -0.2) is 12.6 Å². The van der Waals surface area contributed by atoms with E-state index in [1.807, 2.05) is 45.0 Å². The summed E-state index contributed by atoms with van der Waals surface area (Å²) in [7, 11) is 0. The van der Waals surface area contributed by atoms with Crippen molar-refractivity contribution < 1.29 is 4.79 Å². The summed E-state index contributed by atoms with van der Waals surface area (Å²) >= 11 is 0. The molecular formula is C14H22N2O. The Morgan fingerprint density at radius 1 is 1.24 bits per heavy atom. The minimum Gasteiger partial charge on any atom is -0.338 e. The molecule has 0 heterocycles. The third-order valence-corrected chi connectivity index (χ3v) is 2.56. The molecule has 1 aliphatic carbocycles. The van der Waals surface area contributed by atoms with Crippen LogP contribution in [-0.2, 0) is 0 Å². The molecule has 3 heteroatoms. The molecule has 3 nitrogen and oxygen atoms in total. The highest BCUT2D eigenvalue weighted by Gasteiger charge is 2.21. The Morgan fingerprint density at radius 3 is 2.35 bits per heavy atom. The molecule has 2 rings (SSSR count). The van der Waals surface area contributed by atoms with Crippen molar-refractivity contribution in [2.24, 2.45) is 5.92 Å². The molecule has 2 N–H and O–H groups in total. The van der Waals surface area contributed by atoms with Gasteiger partial charge in [0, 0.05) is 12.2 Å². The lowest BCUT2D eigenvalue weighted by molar-refractivity contribution is 0.251. The van der Waals surface area contributed by atoms with Crippen molar-refractivity contribution >= 4 is 11.7 Å². The second-order valence-electron chi connectivity index (χ2n) is 4.14. The molecule has 0 unspecified atom stereocenters. The van der Waals surface area contributed by atoms with Gasteiger partial charge in [0.2, 0.25) is 0 Å². The third kappa shape index (κ3) is 5.38. The highest BCUT2D eigenvalue weighted by molar-refractivity contribution is 5.89. The van der Waals surface area contributed by atoms with Crippen LogP contribution in [0.5, 0.6) is 0 Å². The van der Waals surface area contributed by atoms with Crippen molar-refractivity contribution in [3.63, 3.8) is 0 Å². The first-order valence-electron chi connectivity index (χ1n) is 6.35. The van der Waals surface area contributed by atoms with E-state index < -0.39 is 0 Å². The summed E-state index contributed by atoms with van der Waals surface area (Å²) in [6, 6.07) is 7.68. The zero-order valence-corrected chi connectivity index (χ0v) is 10.9. The van der Waals surface area contributed by atoms with Crippen molar-refractivity contribution in [1.82, 2.24) is 5.32 Å². The fourth-order valence-corrected chi connectivity index (χ4v) is 1.37. The highest BCUT2D eigenvalue weighted by atomic mass is 16.2. The number of rotatable bonds is 3. The van der Waals surface area contributed by atoms with Gasteiger partial charge in [0.05, 0.1) is 0 Å². The van der Waals surface area contributed by atoms with Crippen LogP contribution in [0.1, 0.15) is 32.3 Å². The molecule has 1 aliphatic rings. The van der Waals surface area contributed by atoms with E-state index in [2.05, 4.69) is 10.6 Å². The van der Waals surface area contributed by atoms with Crippen molar-refractivity contribution in [2.45, 2.75) is 33.6 Å². The number of hydrogen-bond donors (Lipinski definition) is 2. The van der Waals surface area contributed by atoms with E-state index >= 15 is 0 Å². The Kier molecular flexibility index (Phi) is 5.53. The van der Waals surface area contributed by atoms with Gasteiger partial charge in [-0.25, -0.2) is 4.79 Å². The van der Waals surface area contributed by atoms with Gasteiger partial charge in [-0.3, -0.25) is 0 Å². The number of urea groups is 1. The molecular weight excluding hydrogens is 212 g/mol. The lowest BCUT2D eigenvalue weighted by Crippen LogP contribution is -2.30. The quantitative estimate of drug-likeness (QED) is 0.825. The third-order valence-electron chi connectivity index (χ3n) is 2.56. The van der Waals surface area contributed by atoms with Gasteiger partial charge in [0.15, 0.2) is 0 Å².